The average molecular weight is 543 g/mol. The summed E-state index contributed by atoms with van der Waals surface area (Å²) in [7, 11) is 0. The first-order chi connectivity index (χ1) is 19.6. The minimum atomic E-state index is -0.531. The van der Waals surface area contributed by atoms with Gasteiger partial charge < -0.3 is 0 Å². The molecule has 40 heavy (non-hydrogen) atoms. The Morgan fingerprint density at radius 3 is 1.12 bits per heavy atom. The molecule has 2 unspecified atom stereocenters. The van der Waals surface area contributed by atoms with Crippen molar-refractivity contribution >= 4 is 23.6 Å². The molecule has 0 saturated heterocycles. The number of hydrogen-bond acceptors (Lipinski definition) is 4. The van der Waals surface area contributed by atoms with Crippen LogP contribution in [0.15, 0.2) is 60.7 Å². The van der Waals surface area contributed by atoms with Gasteiger partial charge in [-0.1, -0.05) is 87.8 Å². The van der Waals surface area contributed by atoms with Crippen LogP contribution in [0.25, 0.3) is 0 Å². The summed E-state index contributed by atoms with van der Waals surface area (Å²) in [6.45, 7) is 0. The molecule has 0 heterocycles. The van der Waals surface area contributed by atoms with E-state index >= 15 is 0 Å². The molecule has 2 aromatic rings. The Labute approximate surface area is 238 Å². The molecule has 6 heteroatoms. The molecule has 3 fully saturated rings. The lowest BCUT2D eigenvalue weighted by molar-refractivity contribution is -0.143. The Hall–Kier alpha value is -3.28. The predicted octanol–water partition coefficient (Wildman–Crippen LogP) is 6.80. The van der Waals surface area contributed by atoms with Crippen LogP contribution in [0, 0.1) is 11.8 Å². The van der Waals surface area contributed by atoms with Crippen molar-refractivity contribution in [2.45, 2.75) is 102 Å². The van der Waals surface area contributed by atoms with Crippen LogP contribution in [0.4, 0.5) is 0 Å². The quantitative estimate of drug-likeness (QED) is 0.377. The standard InChI is InChI=1S/C34H42N2O4/c37-31(25-15-5-1-6-16-25)35(32(38)26-17-7-2-8-18-26)29-23-13-14-24-30(29)36(33(39)27-19-9-3-10-20-27)34(40)28-21-11-4-12-22-28/h1,3,5-6,9-10,15-16,19-20,26,28-30H,2,4,7-8,11-14,17-18,21-24H2. The largest absolute Gasteiger partial charge is 0.274 e. The first-order valence-corrected chi connectivity index (χ1v) is 15.4. The highest BCUT2D eigenvalue weighted by molar-refractivity contribution is 6.07. The Balaban J connectivity index is 1.55. The molecule has 0 aliphatic heterocycles. The smallest absolute Gasteiger partial charge is 0.260 e. The summed E-state index contributed by atoms with van der Waals surface area (Å²) in [5, 5.41) is 0. The predicted molar refractivity (Wildman–Crippen MR) is 154 cm³/mol. The van der Waals surface area contributed by atoms with Crippen LogP contribution in [0.2, 0.25) is 0 Å². The van der Waals surface area contributed by atoms with Gasteiger partial charge in [0, 0.05) is 23.0 Å². The molecule has 2 atom stereocenters. The van der Waals surface area contributed by atoms with Gasteiger partial charge in [-0.25, -0.2) is 0 Å². The van der Waals surface area contributed by atoms with E-state index in [9.17, 15) is 19.2 Å². The highest BCUT2D eigenvalue weighted by Gasteiger charge is 2.46. The van der Waals surface area contributed by atoms with Gasteiger partial charge in [-0.2, -0.15) is 0 Å². The fraction of sp³-hybridized carbons (Fsp3) is 0.529. The topological polar surface area (TPSA) is 74.8 Å². The van der Waals surface area contributed by atoms with Crippen molar-refractivity contribution in [3.05, 3.63) is 71.8 Å². The van der Waals surface area contributed by atoms with Crippen LogP contribution < -0.4 is 0 Å². The van der Waals surface area contributed by atoms with Gasteiger partial charge in [0.1, 0.15) is 0 Å². The van der Waals surface area contributed by atoms with Crippen molar-refractivity contribution in [3.8, 4) is 0 Å². The number of rotatable bonds is 6. The van der Waals surface area contributed by atoms with Gasteiger partial charge in [-0.15, -0.1) is 0 Å². The number of amides is 4. The van der Waals surface area contributed by atoms with Crippen molar-refractivity contribution < 1.29 is 19.2 Å². The normalized spacial score (nSPS) is 22.3. The molecule has 3 aliphatic carbocycles. The van der Waals surface area contributed by atoms with E-state index in [1.807, 2.05) is 36.4 Å². The van der Waals surface area contributed by atoms with E-state index < -0.39 is 12.1 Å². The summed E-state index contributed by atoms with van der Waals surface area (Å²) in [6.07, 6.45) is 12.2. The number of imide groups is 2. The number of nitrogens with zero attached hydrogens (tertiary/aromatic N) is 2. The van der Waals surface area contributed by atoms with Gasteiger partial charge in [-0.05, 0) is 62.8 Å². The molecule has 212 valence electrons. The lowest BCUT2D eigenvalue weighted by Crippen LogP contribution is -2.61. The Kier molecular flexibility index (Phi) is 9.45. The summed E-state index contributed by atoms with van der Waals surface area (Å²) in [5.74, 6) is -1.30. The molecule has 0 N–H and O–H groups in total. The van der Waals surface area contributed by atoms with Gasteiger partial charge in [0.15, 0.2) is 0 Å². The maximum Gasteiger partial charge on any atom is 0.260 e. The fourth-order valence-corrected chi connectivity index (χ4v) is 7.05. The van der Waals surface area contributed by atoms with Crippen molar-refractivity contribution in [2.75, 3.05) is 0 Å². The van der Waals surface area contributed by atoms with Crippen LogP contribution in [-0.2, 0) is 9.59 Å². The molecule has 5 rings (SSSR count). The van der Waals surface area contributed by atoms with Gasteiger partial charge in [0.05, 0.1) is 12.1 Å². The van der Waals surface area contributed by atoms with E-state index in [2.05, 4.69) is 0 Å². The van der Waals surface area contributed by atoms with Gasteiger partial charge >= 0.3 is 0 Å². The van der Waals surface area contributed by atoms with Gasteiger partial charge in [0.2, 0.25) is 11.8 Å². The first-order valence-electron chi connectivity index (χ1n) is 15.4. The molecule has 2 aromatic carbocycles. The molecule has 6 nitrogen and oxygen atoms in total. The van der Waals surface area contributed by atoms with Crippen molar-refractivity contribution in [1.82, 2.24) is 9.80 Å². The van der Waals surface area contributed by atoms with Crippen LogP contribution >= 0.6 is 0 Å². The highest BCUT2D eigenvalue weighted by atomic mass is 16.2. The summed E-state index contributed by atoms with van der Waals surface area (Å²) in [6, 6.07) is 16.9. The van der Waals surface area contributed by atoms with Crippen molar-refractivity contribution in [3.63, 3.8) is 0 Å². The zero-order valence-corrected chi connectivity index (χ0v) is 23.5. The molecule has 0 bridgehead atoms. The molecule has 3 aliphatic rings. The lowest BCUT2D eigenvalue weighted by Gasteiger charge is -2.45. The van der Waals surface area contributed by atoms with Crippen molar-refractivity contribution in [2.24, 2.45) is 11.8 Å². The maximum absolute atomic E-state index is 14.2. The Morgan fingerprint density at radius 1 is 0.450 bits per heavy atom. The van der Waals surface area contributed by atoms with E-state index in [-0.39, 0.29) is 35.5 Å². The fourth-order valence-electron chi connectivity index (χ4n) is 7.05. The van der Waals surface area contributed by atoms with Crippen LogP contribution in [-0.4, -0.2) is 45.5 Å². The minimum Gasteiger partial charge on any atom is -0.274 e. The SMILES string of the molecule is O=C(c1ccccc1)N(C(=O)C1CCCCC1)C1CCCCC1N(C(=O)c1ccccc1)C(=O)C1CCCCC1. The summed E-state index contributed by atoms with van der Waals surface area (Å²) in [4.78, 5) is 59.6. The van der Waals surface area contributed by atoms with E-state index in [1.54, 1.807) is 24.3 Å². The molecule has 0 radical (unpaired) electrons. The van der Waals surface area contributed by atoms with E-state index in [0.717, 1.165) is 77.0 Å². The number of carbonyl (C=O) groups excluding carboxylic acids is 4. The maximum atomic E-state index is 14.2. The number of carbonyl (C=O) groups is 4. The van der Waals surface area contributed by atoms with E-state index in [4.69, 9.17) is 0 Å². The summed E-state index contributed by atoms with van der Waals surface area (Å²) < 4.78 is 0. The third-order valence-electron chi connectivity index (χ3n) is 9.22. The lowest BCUT2D eigenvalue weighted by atomic mass is 9.82. The third-order valence-corrected chi connectivity index (χ3v) is 9.22. The van der Waals surface area contributed by atoms with E-state index in [0.29, 0.717) is 24.0 Å². The molecule has 0 aromatic heterocycles. The molecule has 3 saturated carbocycles. The van der Waals surface area contributed by atoms with Crippen molar-refractivity contribution in [1.29, 1.82) is 0 Å². The van der Waals surface area contributed by atoms with Gasteiger partial charge in [-0.3, -0.25) is 29.0 Å². The number of hydrogen-bond donors (Lipinski definition) is 0. The van der Waals surface area contributed by atoms with Crippen LogP contribution in [0.3, 0.4) is 0 Å². The van der Waals surface area contributed by atoms with Crippen LogP contribution in [0.5, 0.6) is 0 Å². The molecule has 4 amide bonds. The average Bonchev–Trinajstić information content (AvgIpc) is 3.03. The first kappa shape index (κ1) is 28.3. The summed E-state index contributed by atoms with van der Waals surface area (Å²) >= 11 is 0. The minimum absolute atomic E-state index is 0.136. The van der Waals surface area contributed by atoms with E-state index in [1.165, 1.54) is 9.80 Å². The molecule has 0 spiro atoms. The second-order valence-electron chi connectivity index (χ2n) is 11.8. The second-order valence-corrected chi connectivity index (χ2v) is 11.8. The Bertz CT molecular complexity index is 1080. The Morgan fingerprint density at radius 2 is 0.775 bits per heavy atom. The number of benzene rings is 2. The van der Waals surface area contributed by atoms with Gasteiger partial charge in [0.25, 0.3) is 11.8 Å². The summed E-state index contributed by atoms with van der Waals surface area (Å²) in [5.41, 5.74) is 0.936. The molecular weight excluding hydrogens is 500 g/mol. The van der Waals surface area contributed by atoms with Crippen LogP contribution in [0.1, 0.15) is 111 Å². The highest BCUT2D eigenvalue weighted by Crippen LogP contribution is 2.35. The second kappa shape index (κ2) is 13.4. The zero-order chi connectivity index (χ0) is 27.9. The third kappa shape index (κ3) is 6.21. The zero-order valence-electron chi connectivity index (χ0n) is 23.5. The monoisotopic (exact) mass is 542 g/mol. The molecular formula is C34H42N2O4.